The second-order valence-electron chi connectivity index (χ2n) is 3.89. The normalized spacial score (nSPS) is 11.4. The van der Waals surface area contributed by atoms with Crippen molar-refractivity contribution >= 4 is 11.8 Å². The highest BCUT2D eigenvalue weighted by Gasteiger charge is 2.13. The maximum absolute atomic E-state index is 12.8. The van der Waals surface area contributed by atoms with Gasteiger partial charge in [0.2, 0.25) is 0 Å². The largest absolute Gasteiger partial charge is 0.383 e. The maximum Gasteiger partial charge on any atom is 0.383 e. The zero-order valence-electron chi connectivity index (χ0n) is 10.8. The number of oxime groups is 1. The minimum absolute atomic E-state index is 0.0130. The Balaban J connectivity index is 2.08. The van der Waals surface area contributed by atoms with Crippen LogP contribution in [0.2, 0.25) is 0 Å². The molecule has 0 fully saturated rings. The molecule has 0 atom stereocenters. The summed E-state index contributed by atoms with van der Waals surface area (Å²) in [6.45, 7) is 2.38. The van der Waals surface area contributed by atoms with Crippen LogP contribution in [0.3, 0.4) is 0 Å². The Morgan fingerprint density at radius 3 is 2.75 bits per heavy atom. The predicted molar refractivity (Wildman–Crippen MR) is 70.4 cm³/mol. The molecule has 0 aliphatic rings. The van der Waals surface area contributed by atoms with Gasteiger partial charge in [-0.25, -0.2) is 9.18 Å². The molecule has 0 saturated heterocycles. The number of benzene rings is 1. The Morgan fingerprint density at radius 1 is 1.40 bits per heavy atom. The molecular formula is C13H13FN4O2. The van der Waals surface area contributed by atoms with Crippen LogP contribution in [0.15, 0.2) is 41.7 Å². The molecule has 0 bridgehead atoms. The molecule has 0 amide bonds. The molecule has 0 radical (unpaired) electrons. The van der Waals surface area contributed by atoms with Gasteiger partial charge in [0, 0.05) is 18.3 Å². The van der Waals surface area contributed by atoms with Crippen LogP contribution in [0.5, 0.6) is 0 Å². The first-order chi connectivity index (χ1) is 9.61. The predicted octanol–water partition coefficient (Wildman–Crippen LogP) is 1.52. The molecule has 0 aliphatic carbocycles. The van der Waals surface area contributed by atoms with Crippen LogP contribution in [0.4, 0.5) is 4.39 Å². The van der Waals surface area contributed by atoms with E-state index in [9.17, 15) is 9.18 Å². The summed E-state index contributed by atoms with van der Waals surface area (Å²) in [5.41, 5.74) is 6.39. The molecule has 0 spiro atoms. The topological polar surface area (TPSA) is 82.5 Å². The van der Waals surface area contributed by atoms with E-state index >= 15 is 0 Å². The monoisotopic (exact) mass is 276 g/mol. The van der Waals surface area contributed by atoms with Crippen LogP contribution in [0.1, 0.15) is 23.0 Å². The van der Waals surface area contributed by atoms with E-state index in [1.807, 2.05) is 6.92 Å². The molecule has 0 unspecified atom stereocenters. The molecule has 0 aliphatic heterocycles. The van der Waals surface area contributed by atoms with Crippen LogP contribution < -0.4 is 5.73 Å². The molecule has 2 rings (SSSR count). The first-order valence-corrected chi connectivity index (χ1v) is 5.94. The number of rotatable bonds is 4. The zero-order chi connectivity index (χ0) is 14.5. The number of aromatic nitrogens is 2. The second kappa shape index (κ2) is 5.96. The van der Waals surface area contributed by atoms with Crippen molar-refractivity contribution in [3.8, 4) is 0 Å². The average molecular weight is 276 g/mol. The lowest BCUT2D eigenvalue weighted by atomic mass is 10.2. The van der Waals surface area contributed by atoms with Gasteiger partial charge in [0.1, 0.15) is 11.5 Å². The third kappa shape index (κ3) is 3.00. The molecule has 7 heteroatoms. The van der Waals surface area contributed by atoms with E-state index in [4.69, 9.17) is 10.6 Å². The van der Waals surface area contributed by atoms with Crippen molar-refractivity contribution in [2.45, 2.75) is 13.5 Å². The lowest BCUT2D eigenvalue weighted by Gasteiger charge is -2.03. The fourth-order valence-corrected chi connectivity index (χ4v) is 1.57. The summed E-state index contributed by atoms with van der Waals surface area (Å²) in [6, 6.07) is 6.89. The number of aryl methyl sites for hydroxylation is 1. The summed E-state index contributed by atoms with van der Waals surface area (Å²) >= 11 is 0. The third-order valence-corrected chi connectivity index (χ3v) is 2.59. The smallest absolute Gasteiger partial charge is 0.380 e. The van der Waals surface area contributed by atoms with Gasteiger partial charge in [-0.1, -0.05) is 5.16 Å². The molecule has 1 aromatic carbocycles. The maximum atomic E-state index is 12.8. The number of carbonyl (C=O) groups is 1. The summed E-state index contributed by atoms with van der Waals surface area (Å²) in [5.74, 6) is -1.05. The molecule has 1 heterocycles. The number of carbonyl (C=O) groups excluding carboxylic acids is 1. The second-order valence-corrected chi connectivity index (χ2v) is 3.89. The van der Waals surface area contributed by atoms with Gasteiger partial charge >= 0.3 is 5.97 Å². The summed E-state index contributed by atoms with van der Waals surface area (Å²) in [5, 5.41) is 7.48. The van der Waals surface area contributed by atoms with E-state index in [2.05, 4.69) is 10.3 Å². The summed E-state index contributed by atoms with van der Waals surface area (Å²) in [6.07, 6.45) is 1.49. The van der Waals surface area contributed by atoms with E-state index in [-0.39, 0.29) is 17.3 Å². The highest BCUT2D eigenvalue weighted by molar-refractivity contribution is 5.97. The van der Waals surface area contributed by atoms with Crippen molar-refractivity contribution in [2.75, 3.05) is 0 Å². The lowest BCUT2D eigenvalue weighted by Crippen LogP contribution is -2.16. The van der Waals surface area contributed by atoms with Gasteiger partial charge in [0.05, 0.1) is 0 Å². The van der Waals surface area contributed by atoms with Crippen LogP contribution in [0, 0.1) is 5.82 Å². The Hall–Kier alpha value is -2.70. The minimum Gasteiger partial charge on any atom is -0.380 e. The highest BCUT2D eigenvalue weighted by Crippen LogP contribution is 2.05. The van der Waals surface area contributed by atoms with Crippen LogP contribution >= 0.6 is 0 Å². The summed E-state index contributed by atoms with van der Waals surface area (Å²) < 4.78 is 14.2. The zero-order valence-corrected chi connectivity index (χ0v) is 10.8. The van der Waals surface area contributed by atoms with Gasteiger partial charge in [0.15, 0.2) is 5.84 Å². The van der Waals surface area contributed by atoms with Crippen LogP contribution in [0.25, 0.3) is 0 Å². The summed E-state index contributed by atoms with van der Waals surface area (Å²) in [7, 11) is 0. The Labute approximate surface area is 114 Å². The van der Waals surface area contributed by atoms with Gasteiger partial charge in [-0.3, -0.25) is 4.68 Å². The number of nitrogens with two attached hydrogens (primary N) is 1. The SMILES string of the molecule is CCn1nccc1C(=O)O/N=C(\N)c1ccc(F)cc1. The van der Waals surface area contributed by atoms with Crippen molar-refractivity contribution in [2.24, 2.45) is 10.9 Å². The molecular weight excluding hydrogens is 263 g/mol. The molecule has 0 saturated carbocycles. The quantitative estimate of drug-likeness (QED) is 0.397. The number of hydrogen-bond donors (Lipinski definition) is 1. The fraction of sp³-hybridized carbons (Fsp3) is 0.154. The number of hydrogen-bond acceptors (Lipinski definition) is 4. The highest BCUT2D eigenvalue weighted by atomic mass is 19.1. The lowest BCUT2D eigenvalue weighted by molar-refractivity contribution is 0.0501. The Bertz CT molecular complexity index is 634. The van der Waals surface area contributed by atoms with Gasteiger partial charge < -0.3 is 10.6 Å². The molecule has 104 valence electrons. The first-order valence-electron chi connectivity index (χ1n) is 5.94. The minimum atomic E-state index is -0.658. The van der Waals surface area contributed by atoms with E-state index in [0.717, 1.165) is 0 Å². The van der Waals surface area contributed by atoms with Gasteiger partial charge in [-0.2, -0.15) is 5.10 Å². The molecule has 6 nitrogen and oxygen atoms in total. The average Bonchev–Trinajstić information content (AvgIpc) is 2.93. The standard InChI is InChI=1S/C13H13FN4O2/c1-2-18-11(7-8-16-18)13(19)20-17-12(15)9-3-5-10(14)6-4-9/h3-8H,2H2,1H3,(H2,15,17). The van der Waals surface area contributed by atoms with E-state index in [1.165, 1.54) is 41.2 Å². The van der Waals surface area contributed by atoms with Gasteiger partial charge in [0.25, 0.3) is 0 Å². The molecule has 20 heavy (non-hydrogen) atoms. The third-order valence-electron chi connectivity index (χ3n) is 2.59. The Morgan fingerprint density at radius 2 is 2.10 bits per heavy atom. The number of amidine groups is 1. The van der Waals surface area contributed by atoms with Gasteiger partial charge in [-0.05, 0) is 37.3 Å². The van der Waals surface area contributed by atoms with Crippen LogP contribution in [-0.2, 0) is 11.4 Å². The van der Waals surface area contributed by atoms with Crippen LogP contribution in [-0.4, -0.2) is 21.6 Å². The van der Waals surface area contributed by atoms with Crippen molar-refractivity contribution in [1.29, 1.82) is 0 Å². The van der Waals surface area contributed by atoms with Crippen molar-refractivity contribution in [3.05, 3.63) is 53.6 Å². The fourth-order valence-electron chi connectivity index (χ4n) is 1.57. The van der Waals surface area contributed by atoms with Crippen molar-refractivity contribution in [1.82, 2.24) is 9.78 Å². The molecule has 2 aromatic rings. The Kier molecular flexibility index (Phi) is 4.09. The van der Waals surface area contributed by atoms with Crippen molar-refractivity contribution < 1.29 is 14.0 Å². The molecule has 1 aromatic heterocycles. The summed E-state index contributed by atoms with van der Waals surface area (Å²) in [4.78, 5) is 16.5. The molecule has 2 N–H and O–H groups in total. The van der Waals surface area contributed by atoms with E-state index in [0.29, 0.717) is 12.1 Å². The van der Waals surface area contributed by atoms with Gasteiger partial charge in [-0.15, -0.1) is 0 Å². The number of halogens is 1. The van der Waals surface area contributed by atoms with Crippen molar-refractivity contribution in [3.63, 3.8) is 0 Å². The number of nitrogens with zero attached hydrogens (tertiary/aromatic N) is 3. The van der Waals surface area contributed by atoms with E-state index in [1.54, 1.807) is 0 Å². The van der Waals surface area contributed by atoms with E-state index < -0.39 is 5.97 Å². The first kappa shape index (κ1) is 13.7.